The summed E-state index contributed by atoms with van der Waals surface area (Å²) in [6.45, 7) is 5.09. The number of rotatable bonds is 11. The molecule has 1 aliphatic rings. The highest BCUT2D eigenvalue weighted by Gasteiger charge is 2.34. The van der Waals surface area contributed by atoms with Gasteiger partial charge in [0.15, 0.2) is 0 Å². The Morgan fingerprint density at radius 1 is 0.952 bits per heavy atom. The van der Waals surface area contributed by atoms with Gasteiger partial charge in [-0.1, -0.05) is 61.7 Å². The van der Waals surface area contributed by atoms with Gasteiger partial charge in [0.05, 0.1) is 17.7 Å². The average Bonchev–Trinajstić information content (AvgIpc) is 3.00. The average molecular weight is 592 g/mol. The van der Waals surface area contributed by atoms with Crippen molar-refractivity contribution in [3.8, 4) is 5.75 Å². The number of amides is 2. The summed E-state index contributed by atoms with van der Waals surface area (Å²) >= 11 is 0. The Bertz CT molecular complexity index is 1490. The highest BCUT2D eigenvalue weighted by atomic mass is 32.2. The van der Waals surface area contributed by atoms with Crippen molar-refractivity contribution in [1.82, 2.24) is 10.2 Å². The summed E-state index contributed by atoms with van der Waals surface area (Å²) < 4.78 is 34.6. The third kappa shape index (κ3) is 7.31. The van der Waals surface area contributed by atoms with Crippen LogP contribution in [0.25, 0.3) is 0 Å². The second kappa shape index (κ2) is 13.9. The highest BCUT2D eigenvalue weighted by molar-refractivity contribution is 7.92. The molecule has 0 heterocycles. The quantitative estimate of drug-likeness (QED) is 0.323. The number of aryl methyl sites for hydroxylation is 1. The van der Waals surface area contributed by atoms with Gasteiger partial charge in [-0.3, -0.25) is 13.9 Å². The van der Waals surface area contributed by atoms with E-state index in [2.05, 4.69) is 5.32 Å². The molecule has 1 saturated carbocycles. The number of sulfonamides is 1. The van der Waals surface area contributed by atoms with Crippen LogP contribution in [0.2, 0.25) is 0 Å². The molecule has 1 fully saturated rings. The SMILES string of the molecule is COc1cccc(CN(C(=O)CN(c2cccc(C)c2C)S(=O)(=O)c2ccccc2)[C@H](C)C(=O)NC2CCCCC2)c1. The van der Waals surface area contributed by atoms with Gasteiger partial charge in [-0.2, -0.15) is 0 Å². The molecule has 224 valence electrons. The van der Waals surface area contributed by atoms with E-state index in [0.717, 1.165) is 53.1 Å². The fourth-order valence-corrected chi connectivity index (χ4v) is 6.85. The van der Waals surface area contributed by atoms with Gasteiger partial charge in [-0.15, -0.1) is 0 Å². The van der Waals surface area contributed by atoms with E-state index in [-0.39, 0.29) is 23.4 Å². The fourth-order valence-electron chi connectivity index (χ4n) is 5.36. The summed E-state index contributed by atoms with van der Waals surface area (Å²) in [4.78, 5) is 29.2. The lowest BCUT2D eigenvalue weighted by molar-refractivity contribution is -0.139. The van der Waals surface area contributed by atoms with Crippen molar-refractivity contribution in [1.29, 1.82) is 0 Å². The second-order valence-electron chi connectivity index (χ2n) is 10.9. The van der Waals surface area contributed by atoms with Crippen molar-refractivity contribution in [2.75, 3.05) is 18.0 Å². The Kier molecular flexibility index (Phi) is 10.3. The zero-order valence-corrected chi connectivity index (χ0v) is 25.7. The predicted molar refractivity (Wildman–Crippen MR) is 165 cm³/mol. The number of methoxy groups -OCH3 is 1. The monoisotopic (exact) mass is 591 g/mol. The summed E-state index contributed by atoms with van der Waals surface area (Å²) in [7, 11) is -2.54. The number of carbonyl (C=O) groups is 2. The summed E-state index contributed by atoms with van der Waals surface area (Å²) in [6, 6.07) is 20.0. The molecule has 0 unspecified atom stereocenters. The number of hydrogen-bond donors (Lipinski definition) is 1. The zero-order chi connectivity index (χ0) is 30.3. The van der Waals surface area contributed by atoms with E-state index in [1.54, 1.807) is 44.4 Å². The summed E-state index contributed by atoms with van der Waals surface area (Å²) in [6.07, 6.45) is 5.12. The van der Waals surface area contributed by atoms with Crippen LogP contribution in [0.4, 0.5) is 5.69 Å². The van der Waals surface area contributed by atoms with E-state index >= 15 is 0 Å². The Labute approximate surface area is 249 Å². The molecule has 0 spiro atoms. The maximum absolute atomic E-state index is 14.2. The van der Waals surface area contributed by atoms with Gasteiger partial charge in [0.25, 0.3) is 10.0 Å². The molecule has 1 aliphatic carbocycles. The van der Waals surface area contributed by atoms with Crippen molar-refractivity contribution in [3.05, 3.63) is 89.5 Å². The van der Waals surface area contributed by atoms with Gasteiger partial charge < -0.3 is 15.0 Å². The Morgan fingerprint density at radius 3 is 2.33 bits per heavy atom. The minimum atomic E-state index is -4.11. The summed E-state index contributed by atoms with van der Waals surface area (Å²) in [5, 5.41) is 3.13. The number of hydrogen-bond acceptors (Lipinski definition) is 5. The van der Waals surface area contributed by atoms with Crippen molar-refractivity contribution >= 4 is 27.5 Å². The number of anilines is 1. The first-order chi connectivity index (χ1) is 20.1. The first kappa shape index (κ1) is 31.1. The number of nitrogens with zero attached hydrogens (tertiary/aromatic N) is 2. The molecule has 1 N–H and O–H groups in total. The standard InChI is InChI=1S/C33H41N3O5S/c1-24-13-11-20-31(25(24)2)36(42(39,40)30-18-9-6-10-19-30)23-32(37)35(22-27-14-12-17-29(21-27)41-4)26(3)33(38)34-28-15-7-5-8-16-28/h6,9-14,17-21,26,28H,5,7-8,15-16,22-23H2,1-4H3,(H,34,38)/t26-/m1/s1. The van der Waals surface area contributed by atoms with Crippen LogP contribution in [0.15, 0.2) is 77.7 Å². The minimum absolute atomic E-state index is 0.0763. The van der Waals surface area contributed by atoms with Crippen molar-refractivity contribution in [2.24, 2.45) is 0 Å². The van der Waals surface area contributed by atoms with Crippen LogP contribution in [0.5, 0.6) is 5.75 Å². The molecule has 0 aliphatic heterocycles. The molecule has 2 amide bonds. The summed E-state index contributed by atoms with van der Waals surface area (Å²) in [5.74, 6) is -0.102. The van der Waals surface area contributed by atoms with Crippen LogP contribution in [-0.2, 0) is 26.2 Å². The van der Waals surface area contributed by atoms with E-state index in [4.69, 9.17) is 4.74 Å². The maximum atomic E-state index is 14.2. The first-order valence-corrected chi connectivity index (χ1v) is 15.9. The van der Waals surface area contributed by atoms with Crippen LogP contribution >= 0.6 is 0 Å². The first-order valence-electron chi connectivity index (χ1n) is 14.5. The van der Waals surface area contributed by atoms with E-state index < -0.39 is 28.5 Å². The van der Waals surface area contributed by atoms with Gasteiger partial charge in [0.2, 0.25) is 11.8 Å². The smallest absolute Gasteiger partial charge is 0.264 e. The van der Waals surface area contributed by atoms with Crippen molar-refractivity contribution in [2.45, 2.75) is 76.4 Å². The number of carbonyl (C=O) groups excluding carboxylic acids is 2. The molecular formula is C33H41N3O5S. The summed E-state index contributed by atoms with van der Waals surface area (Å²) in [5.41, 5.74) is 2.85. The molecular weight excluding hydrogens is 550 g/mol. The second-order valence-corrected chi connectivity index (χ2v) is 12.8. The molecule has 0 saturated heterocycles. The highest BCUT2D eigenvalue weighted by Crippen LogP contribution is 2.29. The van der Waals surface area contributed by atoms with E-state index in [9.17, 15) is 18.0 Å². The number of nitrogens with one attached hydrogen (secondary N) is 1. The third-order valence-corrected chi connectivity index (χ3v) is 9.83. The van der Waals surface area contributed by atoms with Gasteiger partial charge in [0.1, 0.15) is 18.3 Å². The lowest BCUT2D eigenvalue weighted by Crippen LogP contribution is -2.53. The molecule has 0 aromatic heterocycles. The molecule has 1 atom stereocenters. The lowest BCUT2D eigenvalue weighted by atomic mass is 9.95. The van der Waals surface area contributed by atoms with Crippen LogP contribution in [0, 0.1) is 13.8 Å². The van der Waals surface area contributed by atoms with Crippen LogP contribution in [0.1, 0.15) is 55.7 Å². The molecule has 0 radical (unpaired) electrons. The molecule has 0 bridgehead atoms. The third-order valence-electron chi connectivity index (χ3n) is 8.06. The van der Waals surface area contributed by atoms with Crippen LogP contribution in [-0.4, -0.2) is 50.9 Å². The van der Waals surface area contributed by atoms with E-state index in [1.807, 2.05) is 44.2 Å². The van der Waals surface area contributed by atoms with Crippen molar-refractivity contribution < 1.29 is 22.7 Å². The van der Waals surface area contributed by atoms with Gasteiger partial charge in [-0.05, 0) is 80.6 Å². The molecule has 4 rings (SSSR count). The largest absolute Gasteiger partial charge is 0.497 e. The zero-order valence-electron chi connectivity index (χ0n) is 24.9. The Morgan fingerprint density at radius 2 is 1.64 bits per heavy atom. The van der Waals surface area contributed by atoms with Crippen LogP contribution in [0.3, 0.4) is 0 Å². The molecule has 9 heteroatoms. The van der Waals surface area contributed by atoms with Gasteiger partial charge in [-0.25, -0.2) is 8.42 Å². The van der Waals surface area contributed by atoms with Crippen LogP contribution < -0.4 is 14.4 Å². The Balaban J connectivity index is 1.71. The number of benzene rings is 3. The van der Waals surface area contributed by atoms with Gasteiger partial charge in [0, 0.05) is 12.6 Å². The van der Waals surface area contributed by atoms with Crippen molar-refractivity contribution in [3.63, 3.8) is 0 Å². The normalized spacial score (nSPS) is 14.6. The van der Waals surface area contributed by atoms with E-state index in [0.29, 0.717) is 11.4 Å². The fraction of sp³-hybridized carbons (Fsp3) is 0.394. The molecule has 42 heavy (non-hydrogen) atoms. The minimum Gasteiger partial charge on any atom is -0.497 e. The number of ether oxygens (including phenoxy) is 1. The Hall–Kier alpha value is -3.85. The topological polar surface area (TPSA) is 96.0 Å². The predicted octanol–water partition coefficient (Wildman–Crippen LogP) is 5.37. The van der Waals surface area contributed by atoms with Gasteiger partial charge >= 0.3 is 0 Å². The molecule has 3 aromatic rings. The maximum Gasteiger partial charge on any atom is 0.264 e. The lowest BCUT2D eigenvalue weighted by Gasteiger charge is -2.33. The molecule has 3 aromatic carbocycles. The molecule has 8 nitrogen and oxygen atoms in total. The van der Waals surface area contributed by atoms with E-state index in [1.165, 1.54) is 17.0 Å².